The van der Waals surface area contributed by atoms with Crippen LogP contribution < -0.4 is 5.32 Å². The lowest BCUT2D eigenvalue weighted by Crippen LogP contribution is -2.01. The van der Waals surface area contributed by atoms with Gasteiger partial charge < -0.3 is 9.87 Å². The van der Waals surface area contributed by atoms with E-state index in [4.69, 9.17) is 6.42 Å². The molecule has 0 saturated heterocycles. The summed E-state index contributed by atoms with van der Waals surface area (Å²) in [5.74, 6) is 4.77. The molecule has 1 aromatic carbocycles. The highest BCUT2D eigenvalue weighted by atomic mass is 32.2. The summed E-state index contributed by atoms with van der Waals surface area (Å²) in [4.78, 5) is 8.84. The van der Waals surface area contributed by atoms with Crippen LogP contribution in [0.25, 0.3) is 11.4 Å². The van der Waals surface area contributed by atoms with Gasteiger partial charge in [-0.05, 0) is 18.4 Å². The van der Waals surface area contributed by atoms with E-state index in [1.165, 1.54) is 12.8 Å². The minimum Gasteiger partial charge on any atom is -0.772 e. The first-order valence-corrected chi connectivity index (χ1v) is 9.68. The average Bonchev–Trinajstić information content (AvgIpc) is 3.41. The zero-order valence-corrected chi connectivity index (χ0v) is 15.1. The number of terminal acetylenes is 1. The largest absolute Gasteiger partial charge is 0.772 e. The number of hydrogen-bond acceptors (Lipinski definition) is 6. The molecular formula is C19H16N5O2S-. The zero-order chi connectivity index (χ0) is 18.8. The molecule has 2 N–H and O–H groups in total. The van der Waals surface area contributed by atoms with Crippen molar-refractivity contribution in [3.8, 4) is 23.7 Å². The third kappa shape index (κ3) is 4.05. The number of rotatable bonds is 6. The molecule has 2 aromatic heterocycles. The Morgan fingerprint density at radius 2 is 2.11 bits per heavy atom. The van der Waals surface area contributed by atoms with E-state index in [0.717, 1.165) is 11.3 Å². The summed E-state index contributed by atoms with van der Waals surface area (Å²) in [5, 5.41) is 10.5. The molecular weight excluding hydrogens is 362 g/mol. The predicted molar refractivity (Wildman–Crippen MR) is 102 cm³/mol. The van der Waals surface area contributed by atoms with Crippen LogP contribution >= 0.6 is 0 Å². The monoisotopic (exact) mass is 378 g/mol. The fourth-order valence-corrected chi connectivity index (χ4v) is 3.20. The van der Waals surface area contributed by atoms with Gasteiger partial charge in [0, 0.05) is 35.2 Å². The molecule has 1 fully saturated rings. The fraction of sp³-hybridized carbons (Fsp3) is 0.211. The van der Waals surface area contributed by atoms with Crippen molar-refractivity contribution >= 4 is 22.7 Å². The summed E-state index contributed by atoms with van der Waals surface area (Å²) >= 11 is -2.12. The molecule has 1 unspecified atom stereocenters. The van der Waals surface area contributed by atoms with Crippen molar-refractivity contribution < 1.29 is 8.76 Å². The van der Waals surface area contributed by atoms with Gasteiger partial charge in [0.1, 0.15) is 0 Å². The molecule has 0 spiro atoms. The molecule has 2 heterocycles. The minimum absolute atomic E-state index is 0.0214. The van der Waals surface area contributed by atoms with E-state index in [9.17, 15) is 8.76 Å². The molecule has 1 saturated carbocycles. The van der Waals surface area contributed by atoms with Crippen LogP contribution in [0.15, 0.2) is 36.5 Å². The number of anilines is 2. The van der Waals surface area contributed by atoms with Gasteiger partial charge in [-0.15, -0.1) is 6.42 Å². The number of aromatic amines is 1. The zero-order valence-electron chi connectivity index (χ0n) is 14.3. The van der Waals surface area contributed by atoms with Crippen LogP contribution in [0, 0.1) is 12.3 Å². The van der Waals surface area contributed by atoms with Crippen molar-refractivity contribution in [2.75, 3.05) is 5.32 Å². The molecule has 8 heteroatoms. The first-order valence-electron chi connectivity index (χ1n) is 8.43. The molecule has 0 radical (unpaired) electrons. The van der Waals surface area contributed by atoms with Gasteiger partial charge in [0.05, 0.1) is 5.56 Å². The maximum absolute atomic E-state index is 10.8. The van der Waals surface area contributed by atoms with E-state index in [1.807, 2.05) is 6.07 Å². The van der Waals surface area contributed by atoms with E-state index < -0.39 is 11.1 Å². The molecule has 0 aliphatic heterocycles. The Kier molecular flexibility index (Phi) is 4.71. The normalized spacial score (nSPS) is 14.5. The summed E-state index contributed by atoms with van der Waals surface area (Å²) in [6.45, 7) is 0. The molecule has 27 heavy (non-hydrogen) atoms. The summed E-state index contributed by atoms with van der Waals surface area (Å²) in [5.41, 5.74) is 3.12. The maximum atomic E-state index is 10.8. The number of H-pyrrole nitrogens is 1. The van der Waals surface area contributed by atoms with E-state index in [2.05, 4.69) is 31.4 Å². The van der Waals surface area contributed by atoms with Crippen molar-refractivity contribution in [2.45, 2.75) is 24.5 Å². The standard InChI is InChI=1S/C19H17N5O2S/c1-2-13-10-20-18(15-5-3-12(4-6-15)11-27(25)26)22-19(13)21-17-9-16(23-24-17)14-7-8-14/h1,3-6,9-10,14H,7-8,11H2,(H,25,26)(H2,20,21,22,23,24)/p-1. The van der Waals surface area contributed by atoms with Crippen LogP contribution in [0.2, 0.25) is 0 Å². The molecule has 1 aliphatic carbocycles. The van der Waals surface area contributed by atoms with Gasteiger partial charge in [0.25, 0.3) is 0 Å². The highest BCUT2D eigenvalue weighted by molar-refractivity contribution is 7.78. The number of nitrogens with zero attached hydrogens (tertiary/aromatic N) is 3. The quantitative estimate of drug-likeness (QED) is 0.505. The Labute approximate surface area is 158 Å². The number of benzene rings is 1. The van der Waals surface area contributed by atoms with Gasteiger partial charge in [-0.2, -0.15) is 5.10 Å². The van der Waals surface area contributed by atoms with Crippen molar-refractivity contribution in [3.05, 3.63) is 53.3 Å². The van der Waals surface area contributed by atoms with Crippen molar-refractivity contribution in [3.63, 3.8) is 0 Å². The predicted octanol–water partition coefficient (Wildman–Crippen LogP) is 2.85. The van der Waals surface area contributed by atoms with Gasteiger partial charge in [0.2, 0.25) is 0 Å². The lowest BCUT2D eigenvalue weighted by Gasteiger charge is -2.09. The summed E-state index contributed by atoms with van der Waals surface area (Å²) in [6.07, 6.45) is 9.52. The molecule has 7 nitrogen and oxygen atoms in total. The molecule has 0 bridgehead atoms. The minimum atomic E-state index is -2.12. The van der Waals surface area contributed by atoms with Gasteiger partial charge in [0.15, 0.2) is 17.5 Å². The Bertz CT molecular complexity index is 1030. The van der Waals surface area contributed by atoms with Crippen LogP contribution in [0.1, 0.15) is 35.6 Å². The van der Waals surface area contributed by atoms with Crippen molar-refractivity contribution in [1.82, 2.24) is 20.2 Å². The second kappa shape index (κ2) is 7.31. The third-order valence-corrected chi connectivity index (χ3v) is 4.87. The van der Waals surface area contributed by atoms with Crippen LogP contribution in [0.5, 0.6) is 0 Å². The first-order chi connectivity index (χ1) is 13.1. The lowest BCUT2D eigenvalue weighted by molar-refractivity contribution is 0.536. The second-order valence-electron chi connectivity index (χ2n) is 6.35. The highest BCUT2D eigenvalue weighted by Gasteiger charge is 2.25. The van der Waals surface area contributed by atoms with Crippen LogP contribution in [0.3, 0.4) is 0 Å². The Morgan fingerprint density at radius 1 is 1.33 bits per heavy atom. The fourth-order valence-electron chi connectivity index (χ4n) is 2.73. The first kappa shape index (κ1) is 17.4. The number of nitrogens with one attached hydrogen (secondary N) is 2. The molecule has 4 rings (SSSR count). The molecule has 0 amide bonds. The topological polar surface area (TPSA) is 107 Å². The smallest absolute Gasteiger partial charge is 0.161 e. The second-order valence-corrected chi connectivity index (χ2v) is 7.25. The Hall–Kier alpha value is -3.02. The SMILES string of the molecule is C#Cc1cnc(-c2ccc(CS(=O)[O-])cc2)nc1Nc1cc(C2CC2)[nH]n1. The summed E-state index contributed by atoms with van der Waals surface area (Å²) in [6, 6.07) is 9.03. The molecule has 136 valence electrons. The number of aromatic nitrogens is 4. The van der Waals surface area contributed by atoms with E-state index in [1.54, 1.807) is 30.5 Å². The van der Waals surface area contributed by atoms with Crippen LogP contribution in [-0.4, -0.2) is 28.9 Å². The Morgan fingerprint density at radius 3 is 2.78 bits per heavy atom. The molecule has 1 atom stereocenters. The van der Waals surface area contributed by atoms with Gasteiger partial charge in [-0.25, -0.2) is 9.97 Å². The highest BCUT2D eigenvalue weighted by Crippen LogP contribution is 2.39. The van der Waals surface area contributed by atoms with Gasteiger partial charge >= 0.3 is 0 Å². The number of hydrogen-bond donors (Lipinski definition) is 2. The van der Waals surface area contributed by atoms with Crippen molar-refractivity contribution in [1.29, 1.82) is 0 Å². The van der Waals surface area contributed by atoms with Gasteiger partial charge in [-0.3, -0.25) is 9.31 Å². The molecule has 3 aromatic rings. The summed E-state index contributed by atoms with van der Waals surface area (Å²) < 4.78 is 21.6. The average molecular weight is 378 g/mol. The maximum Gasteiger partial charge on any atom is 0.161 e. The third-order valence-electron chi connectivity index (χ3n) is 4.30. The van der Waals surface area contributed by atoms with Crippen LogP contribution in [-0.2, 0) is 16.8 Å². The van der Waals surface area contributed by atoms with E-state index in [-0.39, 0.29) is 5.75 Å². The Balaban J connectivity index is 1.59. The lowest BCUT2D eigenvalue weighted by atomic mass is 10.1. The van der Waals surface area contributed by atoms with Crippen LogP contribution in [0.4, 0.5) is 11.6 Å². The van der Waals surface area contributed by atoms with E-state index >= 15 is 0 Å². The molecule has 1 aliphatic rings. The van der Waals surface area contributed by atoms with Gasteiger partial charge in [-0.1, -0.05) is 41.3 Å². The van der Waals surface area contributed by atoms with Crippen molar-refractivity contribution in [2.24, 2.45) is 0 Å². The van der Waals surface area contributed by atoms with E-state index in [0.29, 0.717) is 34.5 Å². The summed E-state index contributed by atoms with van der Waals surface area (Å²) in [7, 11) is 0.